The molecule has 2 unspecified atom stereocenters. The molecule has 5 nitrogen and oxygen atoms in total. The zero-order valence-electron chi connectivity index (χ0n) is 13.0. The van der Waals surface area contributed by atoms with Crippen LogP contribution in [0.3, 0.4) is 0 Å². The van der Waals surface area contributed by atoms with E-state index in [4.69, 9.17) is 10.5 Å². The summed E-state index contributed by atoms with van der Waals surface area (Å²) in [6.45, 7) is 7.00. The minimum atomic E-state index is -0.816. The first-order valence-electron chi connectivity index (χ1n) is 7.55. The van der Waals surface area contributed by atoms with Crippen LogP contribution in [-0.4, -0.2) is 27.9 Å². The van der Waals surface area contributed by atoms with Crippen molar-refractivity contribution in [3.05, 3.63) is 15.9 Å². The highest BCUT2D eigenvalue weighted by molar-refractivity contribution is 9.10. The summed E-state index contributed by atoms with van der Waals surface area (Å²) < 4.78 is 8.21. The van der Waals surface area contributed by atoms with Crippen molar-refractivity contribution in [1.82, 2.24) is 9.78 Å². The summed E-state index contributed by atoms with van der Waals surface area (Å²) in [5.74, 6) is -0.0821. The first-order valence-corrected chi connectivity index (χ1v) is 8.35. The van der Waals surface area contributed by atoms with Crippen LogP contribution in [0.2, 0.25) is 0 Å². The molecule has 1 aliphatic carbocycles. The monoisotopic (exact) mass is 357 g/mol. The maximum absolute atomic E-state index is 12.1. The van der Waals surface area contributed by atoms with Gasteiger partial charge in [-0.25, -0.2) is 0 Å². The molecule has 2 atom stereocenters. The Morgan fingerprint density at radius 1 is 1.57 bits per heavy atom. The number of carbonyl (C=O) groups is 1. The molecule has 6 heteroatoms. The number of hydrogen-bond acceptors (Lipinski definition) is 4. The number of halogens is 1. The van der Waals surface area contributed by atoms with Crippen LogP contribution in [0.15, 0.2) is 4.47 Å². The summed E-state index contributed by atoms with van der Waals surface area (Å²) in [7, 11) is 0. The first kappa shape index (κ1) is 16.5. The third-order valence-electron chi connectivity index (χ3n) is 4.51. The fourth-order valence-corrected chi connectivity index (χ4v) is 3.49. The third kappa shape index (κ3) is 3.16. The fraction of sp³-hybridized carbons (Fsp3) is 0.733. The van der Waals surface area contributed by atoms with E-state index in [0.29, 0.717) is 6.61 Å². The zero-order chi connectivity index (χ0) is 15.6. The summed E-state index contributed by atoms with van der Waals surface area (Å²) in [6.07, 6.45) is 3.54. The number of nitrogens with two attached hydrogens (primary N) is 1. The van der Waals surface area contributed by atoms with Gasteiger partial charge >= 0.3 is 5.97 Å². The predicted octanol–water partition coefficient (Wildman–Crippen LogP) is 2.71. The van der Waals surface area contributed by atoms with Crippen LogP contribution >= 0.6 is 15.9 Å². The van der Waals surface area contributed by atoms with Crippen LogP contribution in [0.25, 0.3) is 0 Å². The van der Waals surface area contributed by atoms with E-state index in [2.05, 4.69) is 21.0 Å². The lowest BCUT2D eigenvalue weighted by atomic mass is 9.85. The van der Waals surface area contributed by atoms with Crippen LogP contribution < -0.4 is 5.73 Å². The summed E-state index contributed by atoms with van der Waals surface area (Å²) in [6, 6.07) is 0. The maximum Gasteiger partial charge on any atom is 0.326 e. The molecule has 0 aromatic carbocycles. The van der Waals surface area contributed by atoms with Crippen molar-refractivity contribution in [3.8, 4) is 0 Å². The van der Waals surface area contributed by atoms with Gasteiger partial charge in [0.1, 0.15) is 5.54 Å². The number of rotatable bonds is 5. The molecule has 2 rings (SSSR count). The molecule has 0 bridgehead atoms. The molecule has 0 amide bonds. The maximum atomic E-state index is 12.1. The van der Waals surface area contributed by atoms with Crippen molar-refractivity contribution in [1.29, 1.82) is 0 Å². The molecule has 0 spiro atoms. The molecule has 0 aliphatic heterocycles. The van der Waals surface area contributed by atoms with Crippen molar-refractivity contribution in [2.45, 2.75) is 58.5 Å². The largest absolute Gasteiger partial charge is 0.465 e. The van der Waals surface area contributed by atoms with Crippen molar-refractivity contribution in [2.75, 3.05) is 6.61 Å². The Morgan fingerprint density at radius 3 is 2.86 bits per heavy atom. The average Bonchev–Trinajstić information content (AvgIpc) is 2.94. The van der Waals surface area contributed by atoms with Gasteiger partial charge in [0.15, 0.2) is 0 Å². The normalized spacial score (nSPS) is 25.3. The first-order chi connectivity index (χ1) is 9.90. The average molecular weight is 358 g/mol. The van der Waals surface area contributed by atoms with E-state index in [-0.39, 0.29) is 11.9 Å². The zero-order valence-corrected chi connectivity index (χ0v) is 14.6. The van der Waals surface area contributed by atoms with Gasteiger partial charge in [-0.2, -0.15) is 5.10 Å². The number of ether oxygens (including phenoxy) is 1. The molecule has 21 heavy (non-hydrogen) atoms. The molecule has 0 saturated heterocycles. The van der Waals surface area contributed by atoms with Gasteiger partial charge in [0, 0.05) is 12.2 Å². The summed E-state index contributed by atoms with van der Waals surface area (Å²) in [5.41, 5.74) is 7.64. The lowest BCUT2D eigenvalue weighted by Gasteiger charge is -2.29. The number of nitrogens with zero attached hydrogens (tertiary/aromatic N) is 2. The van der Waals surface area contributed by atoms with Crippen LogP contribution in [0, 0.1) is 19.8 Å². The Morgan fingerprint density at radius 2 is 2.29 bits per heavy atom. The fourth-order valence-electron chi connectivity index (χ4n) is 3.21. The number of esters is 1. The van der Waals surface area contributed by atoms with Gasteiger partial charge in [-0.1, -0.05) is 6.42 Å². The topological polar surface area (TPSA) is 70.1 Å². The van der Waals surface area contributed by atoms with E-state index in [0.717, 1.165) is 48.1 Å². The highest BCUT2D eigenvalue weighted by Crippen LogP contribution is 2.37. The molecular formula is C15H24BrN3O2. The number of aromatic nitrogens is 2. The van der Waals surface area contributed by atoms with Crippen molar-refractivity contribution in [2.24, 2.45) is 11.7 Å². The second-order valence-electron chi connectivity index (χ2n) is 5.85. The molecule has 1 aromatic rings. The van der Waals surface area contributed by atoms with E-state index in [1.165, 1.54) is 0 Å². The second kappa shape index (κ2) is 6.48. The summed E-state index contributed by atoms with van der Waals surface area (Å²) in [5, 5.41) is 4.51. The van der Waals surface area contributed by atoms with Gasteiger partial charge in [-0.05, 0) is 61.9 Å². The molecule has 118 valence electrons. The van der Waals surface area contributed by atoms with Crippen LogP contribution in [-0.2, 0) is 16.1 Å². The van der Waals surface area contributed by atoms with E-state index < -0.39 is 5.54 Å². The Balaban J connectivity index is 2.05. The number of aryl methyl sites for hydroxylation is 2. The summed E-state index contributed by atoms with van der Waals surface area (Å²) in [4.78, 5) is 12.1. The number of hydrogen-bond donors (Lipinski definition) is 1. The molecule has 1 aromatic heterocycles. The second-order valence-corrected chi connectivity index (χ2v) is 6.64. The van der Waals surface area contributed by atoms with E-state index in [1.54, 1.807) is 0 Å². The van der Waals surface area contributed by atoms with E-state index in [9.17, 15) is 4.79 Å². The van der Waals surface area contributed by atoms with Crippen molar-refractivity contribution in [3.63, 3.8) is 0 Å². The molecular weight excluding hydrogens is 334 g/mol. The van der Waals surface area contributed by atoms with E-state index in [1.807, 2.05) is 25.5 Å². The van der Waals surface area contributed by atoms with Gasteiger partial charge in [-0.15, -0.1) is 0 Å². The summed E-state index contributed by atoms with van der Waals surface area (Å²) >= 11 is 3.54. The van der Waals surface area contributed by atoms with Gasteiger partial charge in [-0.3, -0.25) is 9.48 Å². The molecule has 2 N–H and O–H groups in total. The third-order valence-corrected chi connectivity index (χ3v) is 5.66. The predicted molar refractivity (Wildman–Crippen MR) is 84.9 cm³/mol. The van der Waals surface area contributed by atoms with Gasteiger partial charge in [0.05, 0.1) is 16.8 Å². The highest BCUT2D eigenvalue weighted by atomic mass is 79.9. The van der Waals surface area contributed by atoms with E-state index >= 15 is 0 Å². The smallest absolute Gasteiger partial charge is 0.326 e. The number of carbonyl (C=O) groups excluding carboxylic acids is 1. The van der Waals surface area contributed by atoms with Gasteiger partial charge < -0.3 is 10.5 Å². The standard InChI is InChI=1S/C15H24BrN3O2/c1-4-21-14(20)15(17)8-5-6-12(15)7-9-19-11(3)13(16)10(2)18-19/h12H,4-9,17H2,1-3H3. The molecule has 1 aliphatic rings. The van der Waals surface area contributed by atoms with Gasteiger partial charge in [0.25, 0.3) is 0 Å². The Labute approximate surface area is 134 Å². The molecule has 0 radical (unpaired) electrons. The van der Waals surface area contributed by atoms with Crippen LogP contribution in [0.1, 0.15) is 44.0 Å². The Kier molecular flexibility index (Phi) is 5.09. The lowest BCUT2D eigenvalue weighted by Crippen LogP contribution is -2.52. The quantitative estimate of drug-likeness (QED) is 0.822. The Hall–Kier alpha value is -0.880. The van der Waals surface area contributed by atoms with Crippen LogP contribution in [0.4, 0.5) is 0 Å². The highest BCUT2D eigenvalue weighted by Gasteiger charge is 2.46. The lowest BCUT2D eigenvalue weighted by molar-refractivity contribution is -0.151. The molecule has 1 saturated carbocycles. The van der Waals surface area contributed by atoms with Crippen LogP contribution in [0.5, 0.6) is 0 Å². The minimum absolute atomic E-state index is 0.166. The Bertz CT molecular complexity index is 529. The van der Waals surface area contributed by atoms with Crippen molar-refractivity contribution >= 4 is 21.9 Å². The molecule has 1 heterocycles. The van der Waals surface area contributed by atoms with Crippen molar-refractivity contribution < 1.29 is 9.53 Å². The minimum Gasteiger partial charge on any atom is -0.465 e. The van der Waals surface area contributed by atoms with Gasteiger partial charge in [0.2, 0.25) is 0 Å². The SMILES string of the molecule is CCOC(=O)C1(N)CCCC1CCn1nc(C)c(Br)c1C. The molecule has 1 fully saturated rings.